The first-order valence-electron chi connectivity index (χ1n) is 10.1. The minimum absolute atomic E-state index is 0.117. The van der Waals surface area contributed by atoms with Gasteiger partial charge in [0.25, 0.3) is 0 Å². The van der Waals surface area contributed by atoms with Crippen molar-refractivity contribution in [2.24, 2.45) is 17.8 Å². The number of thioether (sulfide) groups is 1. The van der Waals surface area contributed by atoms with Gasteiger partial charge < -0.3 is 9.88 Å². The van der Waals surface area contributed by atoms with Gasteiger partial charge in [0.1, 0.15) is 5.82 Å². The first kappa shape index (κ1) is 18.1. The van der Waals surface area contributed by atoms with Crippen molar-refractivity contribution in [3.8, 4) is 0 Å². The Bertz CT molecular complexity index is 683. The molecule has 26 heavy (non-hydrogen) atoms. The summed E-state index contributed by atoms with van der Waals surface area (Å²) in [5.41, 5.74) is 0. The van der Waals surface area contributed by atoms with Crippen LogP contribution in [0.25, 0.3) is 0 Å². The maximum absolute atomic E-state index is 12.7. The molecule has 5 nitrogen and oxygen atoms in total. The van der Waals surface area contributed by atoms with Crippen LogP contribution in [-0.2, 0) is 11.3 Å². The van der Waals surface area contributed by atoms with E-state index in [1.165, 1.54) is 50.3 Å². The Labute approximate surface area is 160 Å². The van der Waals surface area contributed by atoms with Gasteiger partial charge in [-0.2, -0.15) is 0 Å². The molecule has 3 saturated carbocycles. The zero-order chi connectivity index (χ0) is 18.3. The lowest BCUT2D eigenvalue weighted by Crippen LogP contribution is -2.43. The fraction of sp³-hybridized carbons (Fsp3) is 0.750. The van der Waals surface area contributed by atoms with Gasteiger partial charge in [-0.15, -0.1) is 16.8 Å². The third-order valence-electron chi connectivity index (χ3n) is 6.46. The smallest absolute Gasteiger partial charge is 0.233 e. The van der Waals surface area contributed by atoms with E-state index >= 15 is 0 Å². The topological polar surface area (TPSA) is 59.8 Å². The number of amides is 1. The molecule has 1 amide bonds. The number of fused-ring (bicyclic) bond motifs is 2. The second kappa shape index (κ2) is 7.37. The van der Waals surface area contributed by atoms with Gasteiger partial charge in [-0.05, 0) is 63.7 Å². The number of aromatic nitrogens is 3. The van der Waals surface area contributed by atoms with Gasteiger partial charge in [0.15, 0.2) is 5.16 Å². The van der Waals surface area contributed by atoms with Crippen molar-refractivity contribution in [2.75, 3.05) is 0 Å². The van der Waals surface area contributed by atoms with E-state index in [1.54, 1.807) is 0 Å². The molecule has 0 aliphatic heterocycles. The standard InChI is InChI=1S/C20H30N4OS/c1-4-9-24-18(15-7-8-15)22-23-20(24)26-13(3)19(25)21-12(2)17-11-14-5-6-16(17)10-14/h4,12-17H,1,5-11H2,2-3H3,(H,21,25). The molecule has 0 saturated heterocycles. The molecule has 0 spiro atoms. The molecule has 3 aliphatic rings. The summed E-state index contributed by atoms with van der Waals surface area (Å²) in [6, 6.07) is 0.272. The van der Waals surface area contributed by atoms with E-state index in [2.05, 4.69) is 33.6 Å². The van der Waals surface area contributed by atoms with Crippen LogP contribution in [0.1, 0.15) is 64.1 Å². The fourth-order valence-corrected chi connectivity index (χ4v) is 5.77. The summed E-state index contributed by atoms with van der Waals surface area (Å²) in [4.78, 5) is 12.7. The molecule has 5 unspecified atom stereocenters. The molecule has 3 aliphatic carbocycles. The summed E-state index contributed by atoms with van der Waals surface area (Å²) in [6.45, 7) is 8.71. The number of nitrogens with one attached hydrogen (secondary N) is 1. The van der Waals surface area contributed by atoms with Crippen LogP contribution in [-0.4, -0.2) is 32.0 Å². The maximum atomic E-state index is 12.7. The van der Waals surface area contributed by atoms with E-state index in [-0.39, 0.29) is 17.2 Å². The Kier molecular flexibility index (Phi) is 5.13. The summed E-state index contributed by atoms with van der Waals surface area (Å²) < 4.78 is 2.12. The van der Waals surface area contributed by atoms with Gasteiger partial charge in [0.05, 0.1) is 5.25 Å². The summed E-state index contributed by atoms with van der Waals surface area (Å²) in [7, 11) is 0. The Morgan fingerprint density at radius 1 is 1.31 bits per heavy atom. The lowest BCUT2D eigenvalue weighted by atomic mass is 9.84. The van der Waals surface area contributed by atoms with Crippen molar-refractivity contribution in [3.63, 3.8) is 0 Å². The van der Waals surface area contributed by atoms with Crippen molar-refractivity contribution in [3.05, 3.63) is 18.5 Å². The molecule has 4 rings (SSSR count). The van der Waals surface area contributed by atoms with E-state index in [4.69, 9.17) is 0 Å². The number of hydrogen-bond acceptors (Lipinski definition) is 4. The second-order valence-electron chi connectivity index (χ2n) is 8.41. The zero-order valence-electron chi connectivity index (χ0n) is 15.9. The number of carbonyl (C=O) groups excluding carboxylic acids is 1. The summed E-state index contributed by atoms with van der Waals surface area (Å²) in [5, 5.41) is 12.7. The van der Waals surface area contributed by atoms with E-state index in [9.17, 15) is 4.79 Å². The third-order valence-corrected chi connectivity index (χ3v) is 7.54. The Morgan fingerprint density at radius 3 is 2.73 bits per heavy atom. The van der Waals surface area contributed by atoms with Crippen LogP contribution in [0.3, 0.4) is 0 Å². The molecule has 0 radical (unpaired) electrons. The van der Waals surface area contributed by atoms with Crippen LogP contribution in [0.4, 0.5) is 0 Å². The van der Waals surface area contributed by atoms with E-state index in [0.29, 0.717) is 18.4 Å². The summed E-state index contributed by atoms with van der Waals surface area (Å²) in [6.07, 6.45) is 9.69. The van der Waals surface area contributed by atoms with Gasteiger partial charge in [0.2, 0.25) is 5.91 Å². The molecule has 0 aromatic carbocycles. The lowest BCUT2D eigenvalue weighted by molar-refractivity contribution is -0.121. The molecule has 2 bridgehead atoms. The molecule has 1 aromatic rings. The monoisotopic (exact) mass is 374 g/mol. The number of nitrogens with zero attached hydrogens (tertiary/aromatic N) is 3. The highest BCUT2D eigenvalue weighted by Gasteiger charge is 2.42. The summed E-state index contributed by atoms with van der Waals surface area (Å²) in [5.74, 6) is 4.12. The quantitative estimate of drug-likeness (QED) is 0.556. The molecule has 1 N–H and O–H groups in total. The second-order valence-corrected chi connectivity index (χ2v) is 9.72. The average Bonchev–Trinajstić information content (AvgIpc) is 3.06. The molecule has 1 aromatic heterocycles. The minimum atomic E-state index is -0.171. The normalized spacial score (nSPS) is 29.5. The van der Waals surface area contributed by atoms with Crippen molar-refractivity contribution >= 4 is 17.7 Å². The van der Waals surface area contributed by atoms with Gasteiger partial charge in [-0.3, -0.25) is 4.79 Å². The largest absolute Gasteiger partial charge is 0.352 e. The first-order valence-corrected chi connectivity index (χ1v) is 11.0. The van der Waals surface area contributed by atoms with Gasteiger partial charge in [-0.25, -0.2) is 0 Å². The van der Waals surface area contributed by atoms with Crippen molar-refractivity contribution < 1.29 is 4.79 Å². The predicted molar refractivity (Wildman–Crippen MR) is 104 cm³/mol. The van der Waals surface area contributed by atoms with Crippen molar-refractivity contribution in [2.45, 2.75) is 81.3 Å². The maximum Gasteiger partial charge on any atom is 0.233 e. The van der Waals surface area contributed by atoms with Gasteiger partial charge >= 0.3 is 0 Å². The highest BCUT2D eigenvalue weighted by atomic mass is 32.2. The summed E-state index contributed by atoms with van der Waals surface area (Å²) >= 11 is 1.51. The number of carbonyl (C=O) groups is 1. The SMILES string of the molecule is C=CCn1c(SC(C)C(=O)NC(C)C2CC3CCC2C3)nnc1C1CC1. The van der Waals surface area contributed by atoms with Crippen LogP contribution in [0.2, 0.25) is 0 Å². The van der Waals surface area contributed by atoms with Crippen LogP contribution in [0.15, 0.2) is 17.8 Å². The predicted octanol–water partition coefficient (Wildman–Crippen LogP) is 3.76. The molecular formula is C20H30N4OS. The molecule has 5 atom stereocenters. The van der Waals surface area contributed by atoms with Gasteiger partial charge in [0, 0.05) is 18.5 Å². The number of rotatable bonds is 8. The van der Waals surface area contributed by atoms with E-state index in [1.807, 2.05) is 13.0 Å². The Hall–Kier alpha value is -1.30. The van der Waals surface area contributed by atoms with E-state index in [0.717, 1.165) is 22.8 Å². The Balaban J connectivity index is 1.36. The first-order chi connectivity index (χ1) is 12.6. The zero-order valence-corrected chi connectivity index (χ0v) is 16.7. The van der Waals surface area contributed by atoms with E-state index < -0.39 is 0 Å². The minimum Gasteiger partial charge on any atom is -0.352 e. The molecule has 142 valence electrons. The van der Waals surface area contributed by atoms with Gasteiger partial charge in [-0.1, -0.05) is 24.3 Å². The van der Waals surface area contributed by atoms with Crippen LogP contribution >= 0.6 is 11.8 Å². The molecule has 1 heterocycles. The molecular weight excluding hydrogens is 344 g/mol. The number of allylic oxidation sites excluding steroid dienone is 1. The Morgan fingerprint density at radius 2 is 2.12 bits per heavy atom. The highest BCUT2D eigenvalue weighted by molar-refractivity contribution is 8.00. The van der Waals surface area contributed by atoms with Crippen molar-refractivity contribution in [1.82, 2.24) is 20.1 Å². The third kappa shape index (κ3) is 3.57. The highest BCUT2D eigenvalue weighted by Crippen LogP contribution is 2.49. The average molecular weight is 375 g/mol. The molecule has 6 heteroatoms. The lowest BCUT2D eigenvalue weighted by Gasteiger charge is -2.29. The van der Waals surface area contributed by atoms with Crippen LogP contribution in [0.5, 0.6) is 0 Å². The fourth-order valence-electron chi connectivity index (χ4n) is 4.90. The van der Waals surface area contributed by atoms with Crippen LogP contribution in [0, 0.1) is 17.8 Å². The molecule has 3 fully saturated rings. The van der Waals surface area contributed by atoms with Crippen LogP contribution < -0.4 is 5.32 Å². The van der Waals surface area contributed by atoms with Crippen molar-refractivity contribution in [1.29, 1.82) is 0 Å². The number of hydrogen-bond donors (Lipinski definition) is 1.